The number of amides is 1. The van der Waals surface area contributed by atoms with Gasteiger partial charge in [0, 0.05) is 17.1 Å². The van der Waals surface area contributed by atoms with Crippen LogP contribution in [0.3, 0.4) is 0 Å². The second kappa shape index (κ2) is 7.41. The highest BCUT2D eigenvalue weighted by Crippen LogP contribution is 2.37. The van der Waals surface area contributed by atoms with Gasteiger partial charge in [-0.05, 0) is 37.6 Å². The van der Waals surface area contributed by atoms with Crippen molar-refractivity contribution >= 4 is 34.3 Å². The monoisotopic (exact) mass is 391 g/mol. The molecule has 7 heteroatoms. The second-order valence-corrected chi connectivity index (χ2v) is 7.47. The molecular formula is C21H17N3O3S. The quantitative estimate of drug-likeness (QED) is 0.672. The Morgan fingerprint density at radius 2 is 2.00 bits per heavy atom. The van der Waals surface area contributed by atoms with Crippen LogP contribution in [0.5, 0.6) is 11.5 Å². The maximum absolute atomic E-state index is 12.4. The van der Waals surface area contributed by atoms with Gasteiger partial charge in [-0.15, -0.1) is 0 Å². The SMILES string of the molecule is Cc1ccc(NC(=O)CSc2nc3cc4c(cc3cc2C#N)OCO4)c(C)c1. The Hall–Kier alpha value is -3.24. The topological polar surface area (TPSA) is 84.2 Å². The van der Waals surface area contributed by atoms with Gasteiger partial charge in [0.15, 0.2) is 11.5 Å². The Balaban J connectivity index is 1.53. The van der Waals surface area contributed by atoms with Gasteiger partial charge >= 0.3 is 0 Å². The summed E-state index contributed by atoms with van der Waals surface area (Å²) in [5.41, 5.74) is 4.06. The number of nitrogens with one attached hydrogen (secondary N) is 1. The predicted molar refractivity (Wildman–Crippen MR) is 108 cm³/mol. The lowest BCUT2D eigenvalue weighted by atomic mass is 10.1. The minimum absolute atomic E-state index is 0.145. The Kier molecular flexibility index (Phi) is 4.80. The largest absolute Gasteiger partial charge is 0.454 e. The number of nitriles is 1. The van der Waals surface area contributed by atoms with Gasteiger partial charge in [-0.25, -0.2) is 4.98 Å². The van der Waals surface area contributed by atoms with Crippen LogP contribution in [0.4, 0.5) is 5.69 Å². The molecule has 2 heterocycles. The van der Waals surface area contributed by atoms with E-state index in [0.717, 1.165) is 22.2 Å². The minimum atomic E-state index is -0.145. The van der Waals surface area contributed by atoms with E-state index in [9.17, 15) is 10.1 Å². The zero-order chi connectivity index (χ0) is 19.7. The highest BCUT2D eigenvalue weighted by Gasteiger charge is 2.17. The second-order valence-electron chi connectivity index (χ2n) is 6.51. The van der Waals surface area contributed by atoms with Crippen molar-refractivity contribution in [3.05, 3.63) is 53.1 Å². The number of rotatable bonds is 4. The molecule has 1 aliphatic rings. The summed E-state index contributed by atoms with van der Waals surface area (Å²) in [6.45, 7) is 4.14. The predicted octanol–water partition coefficient (Wildman–Crippen LogP) is 4.18. The van der Waals surface area contributed by atoms with Gasteiger partial charge in [0.25, 0.3) is 0 Å². The number of fused-ring (bicyclic) bond motifs is 2. The van der Waals surface area contributed by atoms with Crippen molar-refractivity contribution in [1.29, 1.82) is 5.26 Å². The van der Waals surface area contributed by atoms with Crippen molar-refractivity contribution in [2.75, 3.05) is 17.9 Å². The average Bonchev–Trinajstić information content (AvgIpc) is 3.13. The van der Waals surface area contributed by atoms with E-state index in [-0.39, 0.29) is 18.5 Å². The maximum Gasteiger partial charge on any atom is 0.234 e. The molecule has 0 bridgehead atoms. The van der Waals surface area contributed by atoms with Gasteiger partial charge in [0.05, 0.1) is 16.8 Å². The Morgan fingerprint density at radius 3 is 2.75 bits per heavy atom. The molecule has 1 aliphatic heterocycles. The molecule has 6 nitrogen and oxygen atoms in total. The highest BCUT2D eigenvalue weighted by molar-refractivity contribution is 8.00. The number of anilines is 1. The number of thioether (sulfide) groups is 1. The first-order chi connectivity index (χ1) is 13.5. The normalized spacial score (nSPS) is 12.0. The van der Waals surface area contributed by atoms with Gasteiger partial charge in [-0.3, -0.25) is 4.79 Å². The van der Waals surface area contributed by atoms with E-state index in [4.69, 9.17) is 9.47 Å². The number of carbonyl (C=O) groups is 1. The number of hydrogen-bond donors (Lipinski definition) is 1. The fourth-order valence-corrected chi connectivity index (χ4v) is 3.77. The number of carbonyl (C=O) groups excluding carboxylic acids is 1. The molecule has 0 radical (unpaired) electrons. The van der Waals surface area contributed by atoms with E-state index in [1.807, 2.05) is 38.1 Å². The Bertz CT molecular complexity index is 1140. The van der Waals surface area contributed by atoms with E-state index in [1.165, 1.54) is 11.8 Å². The summed E-state index contributed by atoms with van der Waals surface area (Å²) in [6.07, 6.45) is 0. The van der Waals surface area contributed by atoms with Crippen LogP contribution in [0, 0.1) is 25.2 Å². The first-order valence-corrected chi connectivity index (χ1v) is 9.66. The van der Waals surface area contributed by atoms with Crippen molar-refractivity contribution in [1.82, 2.24) is 4.98 Å². The lowest BCUT2D eigenvalue weighted by Gasteiger charge is -2.10. The van der Waals surface area contributed by atoms with Gasteiger partial charge in [0.1, 0.15) is 11.1 Å². The molecule has 0 fully saturated rings. The summed E-state index contributed by atoms with van der Waals surface area (Å²) in [7, 11) is 0. The van der Waals surface area contributed by atoms with Crippen LogP contribution >= 0.6 is 11.8 Å². The van der Waals surface area contributed by atoms with E-state index < -0.39 is 0 Å². The molecule has 1 N–H and O–H groups in total. The van der Waals surface area contributed by atoms with Crippen LogP contribution in [0.15, 0.2) is 41.4 Å². The smallest absolute Gasteiger partial charge is 0.234 e. The molecule has 4 rings (SSSR count). The van der Waals surface area contributed by atoms with Crippen LogP contribution in [0.2, 0.25) is 0 Å². The van der Waals surface area contributed by atoms with Gasteiger partial charge in [0.2, 0.25) is 12.7 Å². The van der Waals surface area contributed by atoms with Crippen LogP contribution in [0.25, 0.3) is 10.9 Å². The highest BCUT2D eigenvalue weighted by atomic mass is 32.2. The third-order valence-corrected chi connectivity index (χ3v) is 5.38. The van der Waals surface area contributed by atoms with E-state index in [0.29, 0.717) is 27.6 Å². The molecule has 3 aromatic rings. The van der Waals surface area contributed by atoms with Crippen LogP contribution in [-0.4, -0.2) is 23.4 Å². The summed E-state index contributed by atoms with van der Waals surface area (Å²) in [5.74, 6) is 1.29. The third kappa shape index (κ3) is 3.59. The molecule has 2 aromatic carbocycles. The maximum atomic E-state index is 12.4. The third-order valence-electron chi connectivity index (χ3n) is 4.39. The molecule has 0 unspecified atom stereocenters. The minimum Gasteiger partial charge on any atom is -0.454 e. The lowest BCUT2D eigenvalue weighted by molar-refractivity contribution is -0.113. The Morgan fingerprint density at radius 1 is 1.21 bits per heavy atom. The molecule has 140 valence electrons. The molecular weight excluding hydrogens is 374 g/mol. The van der Waals surface area contributed by atoms with E-state index in [2.05, 4.69) is 16.4 Å². The van der Waals surface area contributed by atoms with Crippen molar-refractivity contribution in [3.8, 4) is 17.6 Å². The van der Waals surface area contributed by atoms with Crippen molar-refractivity contribution in [3.63, 3.8) is 0 Å². The van der Waals surface area contributed by atoms with Crippen LogP contribution < -0.4 is 14.8 Å². The average molecular weight is 391 g/mol. The standard InChI is InChI=1S/C21H17N3O3S/c1-12-3-4-16(13(2)5-12)23-20(25)10-28-21-15(9-22)6-14-7-18-19(27-11-26-18)8-17(14)24-21/h3-8H,10-11H2,1-2H3,(H,23,25). The first kappa shape index (κ1) is 18.1. The molecule has 1 amide bonds. The molecule has 0 saturated carbocycles. The van der Waals surface area contributed by atoms with E-state index >= 15 is 0 Å². The lowest BCUT2D eigenvalue weighted by Crippen LogP contribution is -2.15. The van der Waals surface area contributed by atoms with Crippen molar-refractivity contribution in [2.45, 2.75) is 18.9 Å². The molecule has 0 aliphatic carbocycles. The number of nitrogens with zero attached hydrogens (tertiary/aromatic N) is 2. The molecule has 0 saturated heterocycles. The van der Waals surface area contributed by atoms with Crippen molar-refractivity contribution < 1.29 is 14.3 Å². The molecule has 28 heavy (non-hydrogen) atoms. The van der Waals surface area contributed by atoms with Crippen LogP contribution in [-0.2, 0) is 4.79 Å². The summed E-state index contributed by atoms with van der Waals surface area (Å²) in [6, 6.07) is 13.4. The van der Waals surface area contributed by atoms with Crippen molar-refractivity contribution in [2.24, 2.45) is 0 Å². The fourth-order valence-electron chi connectivity index (χ4n) is 3.01. The number of benzene rings is 2. The number of hydrogen-bond acceptors (Lipinski definition) is 6. The van der Waals surface area contributed by atoms with Gasteiger partial charge in [-0.1, -0.05) is 29.5 Å². The van der Waals surface area contributed by atoms with Gasteiger partial charge < -0.3 is 14.8 Å². The molecule has 0 spiro atoms. The number of pyridine rings is 1. The summed E-state index contributed by atoms with van der Waals surface area (Å²) in [4.78, 5) is 16.9. The summed E-state index contributed by atoms with van der Waals surface area (Å²) >= 11 is 1.24. The Labute approximate surface area is 166 Å². The summed E-state index contributed by atoms with van der Waals surface area (Å²) < 4.78 is 10.8. The number of aromatic nitrogens is 1. The number of aryl methyl sites for hydroxylation is 2. The van der Waals surface area contributed by atoms with Crippen LogP contribution in [0.1, 0.15) is 16.7 Å². The fraction of sp³-hybridized carbons (Fsp3) is 0.190. The zero-order valence-corrected chi connectivity index (χ0v) is 16.2. The number of ether oxygens (including phenoxy) is 2. The molecule has 1 aromatic heterocycles. The zero-order valence-electron chi connectivity index (χ0n) is 15.4. The van der Waals surface area contributed by atoms with Gasteiger partial charge in [-0.2, -0.15) is 5.26 Å². The molecule has 0 atom stereocenters. The summed E-state index contributed by atoms with van der Waals surface area (Å²) in [5, 5.41) is 13.7. The first-order valence-electron chi connectivity index (χ1n) is 8.68. The van der Waals surface area contributed by atoms with E-state index in [1.54, 1.807) is 12.1 Å².